The first-order chi connectivity index (χ1) is 23.9. The van der Waals surface area contributed by atoms with Gasteiger partial charge in [-0.15, -0.1) is 0 Å². The van der Waals surface area contributed by atoms with Crippen LogP contribution in [0.5, 0.6) is 23.0 Å². The predicted molar refractivity (Wildman–Crippen MR) is 184 cm³/mol. The zero-order valence-electron chi connectivity index (χ0n) is 26.7. The third-order valence-corrected chi connectivity index (χ3v) is 9.10. The maximum atomic E-state index is 13.9. The van der Waals surface area contributed by atoms with Crippen LogP contribution in [-0.2, 0) is 18.7 Å². The zero-order valence-corrected chi connectivity index (χ0v) is 27.5. The summed E-state index contributed by atoms with van der Waals surface area (Å²) in [6.07, 6.45) is 2.29. The average molecular weight is 678 g/mol. The van der Waals surface area contributed by atoms with E-state index in [-0.39, 0.29) is 30.4 Å². The van der Waals surface area contributed by atoms with Gasteiger partial charge in [0.15, 0.2) is 28.2 Å². The van der Waals surface area contributed by atoms with Crippen molar-refractivity contribution in [3.63, 3.8) is 0 Å². The summed E-state index contributed by atoms with van der Waals surface area (Å²) in [7, 11) is 3.17. The van der Waals surface area contributed by atoms with Gasteiger partial charge in [-0.1, -0.05) is 36.0 Å². The van der Waals surface area contributed by atoms with E-state index < -0.39 is 0 Å². The van der Waals surface area contributed by atoms with Crippen LogP contribution < -0.4 is 35.4 Å². The van der Waals surface area contributed by atoms with Crippen molar-refractivity contribution in [1.29, 1.82) is 0 Å². The number of nitrogens with zero attached hydrogens (tertiary/aromatic N) is 4. The van der Waals surface area contributed by atoms with Crippen molar-refractivity contribution >= 4 is 34.2 Å². The molecule has 0 aliphatic carbocycles. The molecule has 1 aliphatic heterocycles. The largest absolute Gasteiger partial charge is 0.493 e. The van der Waals surface area contributed by atoms with E-state index in [0.29, 0.717) is 74.7 Å². The molecule has 248 valence electrons. The number of nitrogens with one attached hydrogen (secondary N) is 1. The van der Waals surface area contributed by atoms with Gasteiger partial charge in [-0.05, 0) is 60.0 Å². The highest BCUT2D eigenvalue weighted by atomic mass is 32.2. The number of thioether (sulfide) groups is 1. The first-order valence-electron chi connectivity index (χ1n) is 15.4. The van der Waals surface area contributed by atoms with Crippen LogP contribution in [0.4, 0.5) is 0 Å². The molecule has 0 saturated carbocycles. The highest BCUT2D eigenvalue weighted by molar-refractivity contribution is 7.98. The smallest absolute Gasteiger partial charge is 0.262 e. The monoisotopic (exact) mass is 677 g/mol. The number of ether oxygens (including phenoxy) is 4. The van der Waals surface area contributed by atoms with Crippen molar-refractivity contribution in [2.24, 2.45) is 0 Å². The molecule has 0 saturated heterocycles. The number of methoxy groups -OCH3 is 2. The number of amides is 1. The molecule has 1 aliphatic rings. The van der Waals surface area contributed by atoms with Crippen LogP contribution in [0.15, 0.2) is 99.8 Å². The minimum atomic E-state index is -0.255. The highest BCUT2D eigenvalue weighted by Crippen LogP contribution is 2.35. The highest BCUT2D eigenvalue weighted by Gasteiger charge is 2.20. The SMILES string of the molecule is COc1ccc(CCNC(=O)c2ccc(Cn3c(SCc4cc(=O)n5ccccc5n4)nc4cc5c(cc4c3=O)OCO5)cc2)cc1OC. The zero-order chi connectivity index (χ0) is 33.9. The Kier molecular flexibility index (Phi) is 8.90. The van der Waals surface area contributed by atoms with E-state index in [4.69, 9.17) is 23.9 Å². The summed E-state index contributed by atoms with van der Waals surface area (Å²) < 4.78 is 24.8. The van der Waals surface area contributed by atoms with E-state index in [0.717, 1.165) is 11.1 Å². The van der Waals surface area contributed by atoms with Crippen molar-refractivity contribution in [3.05, 3.63) is 128 Å². The summed E-state index contributed by atoms with van der Waals surface area (Å²) in [5.41, 5.74) is 3.42. The second kappa shape index (κ2) is 13.7. The summed E-state index contributed by atoms with van der Waals surface area (Å²) in [5, 5.41) is 3.80. The van der Waals surface area contributed by atoms with E-state index in [1.807, 2.05) is 36.4 Å². The number of carbonyl (C=O) groups is 1. The third-order valence-electron chi connectivity index (χ3n) is 8.09. The Bertz CT molecular complexity index is 2320. The fourth-order valence-electron chi connectivity index (χ4n) is 5.56. The first kappa shape index (κ1) is 31.8. The Morgan fingerprint density at radius 1 is 0.898 bits per heavy atom. The molecule has 0 radical (unpaired) electrons. The molecule has 12 nitrogen and oxygen atoms in total. The van der Waals surface area contributed by atoms with Crippen LogP contribution in [-0.4, -0.2) is 52.4 Å². The van der Waals surface area contributed by atoms with Gasteiger partial charge in [0.1, 0.15) is 5.65 Å². The lowest BCUT2D eigenvalue weighted by Crippen LogP contribution is -2.26. The molecular formula is C36H31N5O7S. The van der Waals surface area contributed by atoms with Crippen molar-refractivity contribution in [3.8, 4) is 23.0 Å². The number of pyridine rings is 1. The Morgan fingerprint density at radius 3 is 2.47 bits per heavy atom. The van der Waals surface area contributed by atoms with Crippen molar-refractivity contribution in [1.82, 2.24) is 24.3 Å². The first-order valence-corrected chi connectivity index (χ1v) is 16.4. The lowest BCUT2D eigenvalue weighted by molar-refractivity contribution is 0.0954. The Balaban J connectivity index is 1.10. The van der Waals surface area contributed by atoms with Crippen LogP contribution in [0.1, 0.15) is 27.2 Å². The van der Waals surface area contributed by atoms with Gasteiger partial charge in [0.2, 0.25) is 6.79 Å². The fourth-order valence-corrected chi connectivity index (χ4v) is 6.45. The summed E-state index contributed by atoms with van der Waals surface area (Å²) in [5.74, 6) is 2.40. The average Bonchev–Trinajstić information content (AvgIpc) is 3.59. The van der Waals surface area contributed by atoms with Gasteiger partial charge in [-0.25, -0.2) is 9.97 Å². The van der Waals surface area contributed by atoms with E-state index in [2.05, 4.69) is 10.3 Å². The van der Waals surface area contributed by atoms with Crippen molar-refractivity contribution in [2.75, 3.05) is 27.6 Å². The second-order valence-corrected chi connectivity index (χ2v) is 12.1. The molecule has 0 unspecified atom stereocenters. The third kappa shape index (κ3) is 6.65. The molecule has 49 heavy (non-hydrogen) atoms. The lowest BCUT2D eigenvalue weighted by Gasteiger charge is -2.14. The molecule has 0 fully saturated rings. The summed E-state index contributed by atoms with van der Waals surface area (Å²) in [6.45, 7) is 0.709. The van der Waals surface area contributed by atoms with E-state index in [9.17, 15) is 14.4 Å². The molecule has 3 aromatic heterocycles. The Hall–Kier alpha value is -5.82. The molecule has 0 atom stereocenters. The molecule has 1 N–H and O–H groups in total. The number of hydrogen-bond donors (Lipinski definition) is 1. The van der Waals surface area contributed by atoms with Crippen LogP contribution in [0.2, 0.25) is 0 Å². The van der Waals surface area contributed by atoms with Gasteiger partial charge < -0.3 is 24.3 Å². The van der Waals surface area contributed by atoms with Crippen LogP contribution in [0.3, 0.4) is 0 Å². The van der Waals surface area contributed by atoms with Gasteiger partial charge in [-0.2, -0.15) is 0 Å². The number of rotatable bonds is 11. The maximum absolute atomic E-state index is 13.9. The van der Waals surface area contributed by atoms with Gasteiger partial charge in [-0.3, -0.25) is 23.4 Å². The van der Waals surface area contributed by atoms with E-state index in [1.165, 1.54) is 22.2 Å². The molecule has 13 heteroatoms. The van der Waals surface area contributed by atoms with Gasteiger partial charge in [0, 0.05) is 36.2 Å². The summed E-state index contributed by atoms with van der Waals surface area (Å²) in [6, 6.07) is 23.0. The molecule has 1 amide bonds. The second-order valence-electron chi connectivity index (χ2n) is 11.2. The number of hydrogen-bond acceptors (Lipinski definition) is 10. The van der Waals surface area contributed by atoms with Crippen molar-refractivity contribution in [2.45, 2.75) is 23.9 Å². The number of carbonyl (C=O) groups excluding carboxylic acids is 1. The maximum Gasteiger partial charge on any atom is 0.262 e. The number of benzene rings is 3. The normalized spacial score (nSPS) is 12.0. The minimum Gasteiger partial charge on any atom is -0.493 e. The molecule has 4 heterocycles. The number of aromatic nitrogens is 4. The molecule has 7 rings (SSSR count). The standard InChI is InChI=1S/C36H31N5O7S/c1-45-28-11-8-22(15-29(28)46-2)12-13-37-34(43)24-9-6-23(7-10-24)19-41-35(44)26-17-30-31(48-21-47-30)18-27(26)39-36(41)49-20-25-16-33(42)40-14-4-3-5-32(40)38-25/h3-11,14-18H,12-13,19-21H2,1-2H3,(H,37,43). The van der Waals surface area contributed by atoms with E-state index in [1.54, 1.807) is 61.4 Å². The summed E-state index contributed by atoms with van der Waals surface area (Å²) >= 11 is 1.31. The molecule has 6 aromatic rings. The van der Waals surface area contributed by atoms with Gasteiger partial charge in [0.05, 0.1) is 37.4 Å². The summed E-state index contributed by atoms with van der Waals surface area (Å²) in [4.78, 5) is 49.0. The predicted octanol–water partition coefficient (Wildman–Crippen LogP) is 4.46. The van der Waals surface area contributed by atoms with Crippen LogP contribution in [0.25, 0.3) is 16.6 Å². The number of fused-ring (bicyclic) bond motifs is 3. The molecule has 3 aromatic carbocycles. The quantitative estimate of drug-likeness (QED) is 0.155. The molecule has 0 spiro atoms. The fraction of sp³-hybridized carbons (Fsp3) is 0.194. The molecule has 0 bridgehead atoms. The van der Waals surface area contributed by atoms with Crippen LogP contribution in [0, 0.1) is 0 Å². The van der Waals surface area contributed by atoms with Crippen molar-refractivity contribution < 1.29 is 23.7 Å². The Labute approximate surface area is 284 Å². The minimum absolute atomic E-state index is 0.0702. The topological polar surface area (TPSA) is 135 Å². The molecular weight excluding hydrogens is 646 g/mol. The van der Waals surface area contributed by atoms with Gasteiger partial charge >= 0.3 is 0 Å². The lowest BCUT2D eigenvalue weighted by atomic mass is 10.1. The van der Waals surface area contributed by atoms with Crippen LogP contribution >= 0.6 is 11.8 Å². The van der Waals surface area contributed by atoms with Gasteiger partial charge in [0.25, 0.3) is 17.0 Å². The van der Waals surface area contributed by atoms with E-state index >= 15 is 0 Å². The Morgan fingerprint density at radius 2 is 1.67 bits per heavy atom.